The molecule has 3 fully saturated rings. The van der Waals surface area contributed by atoms with Crippen LogP contribution in [0.5, 0.6) is 5.75 Å². The normalized spacial score (nSPS) is 25.6. The Balaban J connectivity index is 1.48. The van der Waals surface area contributed by atoms with E-state index in [9.17, 15) is 4.79 Å². The molecule has 1 aromatic carbocycles. The fourth-order valence-electron chi connectivity index (χ4n) is 4.94. The first kappa shape index (κ1) is 19.8. The molecule has 0 saturated carbocycles. The van der Waals surface area contributed by atoms with Crippen molar-refractivity contribution < 1.29 is 9.53 Å². The lowest BCUT2D eigenvalue weighted by Crippen LogP contribution is -2.56. The zero-order valence-corrected chi connectivity index (χ0v) is 17.5. The van der Waals surface area contributed by atoms with Gasteiger partial charge in [0, 0.05) is 49.9 Å². The van der Waals surface area contributed by atoms with Crippen molar-refractivity contribution in [3.8, 4) is 17.0 Å². The Labute approximate surface area is 172 Å². The maximum Gasteiger partial charge on any atom is 0.314 e. The van der Waals surface area contributed by atoms with Gasteiger partial charge in [-0.3, -0.25) is 9.58 Å². The summed E-state index contributed by atoms with van der Waals surface area (Å²) in [7, 11) is 3.74. The smallest absolute Gasteiger partial charge is 0.314 e. The van der Waals surface area contributed by atoms with Crippen molar-refractivity contribution >= 4 is 6.03 Å². The van der Waals surface area contributed by atoms with Crippen LogP contribution in [0.4, 0.5) is 4.79 Å². The lowest BCUT2D eigenvalue weighted by molar-refractivity contribution is 0.0294. The van der Waals surface area contributed by atoms with Gasteiger partial charge in [-0.2, -0.15) is 5.10 Å². The molecular formula is C22H31N5O2. The van der Waals surface area contributed by atoms with Crippen molar-refractivity contribution in [3.63, 3.8) is 0 Å². The number of carbonyl (C=O) groups excluding carboxylic acids is 1. The van der Waals surface area contributed by atoms with Gasteiger partial charge in [0.1, 0.15) is 5.75 Å². The lowest BCUT2D eigenvalue weighted by atomic mass is 9.74. The van der Waals surface area contributed by atoms with Gasteiger partial charge in [0.25, 0.3) is 0 Å². The highest BCUT2D eigenvalue weighted by atomic mass is 16.5. The Kier molecular flexibility index (Phi) is 5.76. The van der Waals surface area contributed by atoms with Crippen LogP contribution < -0.4 is 15.4 Å². The fourth-order valence-corrected chi connectivity index (χ4v) is 4.94. The summed E-state index contributed by atoms with van der Waals surface area (Å²) >= 11 is 0. The molecule has 156 valence electrons. The van der Waals surface area contributed by atoms with Crippen LogP contribution in [-0.2, 0) is 7.05 Å². The van der Waals surface area contributed by atoms with Crippen LogP contribution in [0.1, 0.15) is 31.4 Å². The molecule has 3 saturated heterocycles. The standard InChI is InChI=1S/C22H31N5O2/c1-4-23-22(28)24-13-16-11-15-9-10-27(16)14-18(15)20-12-19(25-26(20)2)17-7-5-6-8-21(17)29-3/h5-8,12,15-16,18H,4,9-11,13-14H2,1-3H3,(H2,23,24,28)/t15-,16-,18+/m1/s1. The van der Waals surface area contributed by atoms with Gasteiger partial charge in [0.15, 0.2) is 0 Å². The quantitative estimate of drug-likeness (QED) is 0.786. The van der Waals surface area contributed by atoms with Gasteiger partial charge in [-0.25, -0.2) is 4.79 Å². The number of rotatable bonds is 6. The van der Waals surface area contributed by atoms with E-state index in [2.05, 4.69) is 27.7 Å². The summed E-state index contributed by atoms with van der Waals surface area (Å²) in [5.41, 5.74) is 3.28. The molecule has 2 bridgehead atoms. The van der Waals surface area contributed by atoms with Crippen LogP contribution in [0.3, 0.4) is 0 Å². The highest BCUT2D eigenvalue weighted by Gasteiger charge is 2.41. The van der Waals surface area contributed by atoms with Gasteiger partial charge in [-0.1, -0.05) is 12.1 Å². The molecular weight excluding hydrogens is 366 g/mol. The Morgan fingerprint density at radius 2 is 2.14 bits per heavy atom. The second kappa shape index (κ2) is 8.45. The Bertz CT molecular complexity index is 865. The van der Waals surface area contributed by atoms with E-state index in [0.717, 1.165) is 36.5 Å². The maximum atomic E-state index is 11.7. The van der Waals surface area contributed by atoms with E-state index in [1.165, 1.54) is 12.1 Å². The van der Waals surface area contributed by atoms with Gasteiger partial charge in [0.2, 0.25) is 0 Å². The number of carbonyl (C=O) groups is 1. The van der Waals surface area contributed by atoms with E-state index in [0.29, 0.717) is 31.0 Å². The number of aromatic nitrogens is 2. The molecule has 5 rings (SSSR count). The molecule has 0 radical (unpaired) electrons. The molecule has 3 aliphatic heterocycles. The first-order valence-electron chi connectivity index (χ1n) is 10.5. The maximum absolute atomic E-state index is 11.7. The van der Waals surface area contributed by atoms with Crippen molar-refractivity contribution in [2.45, 2.75) is 31.7 Å². The van der Waals surface area contributed by atoms with Crippen molar-refractivity contribution in [2.75, 3.05) is 33.3 Å². The number of nitrogens with one attached hydrogen (secondary N) is 2. The summed E-state index contributed by atoms with van der Waals surface area (Å²) in [6.45, 7) is 5.44. The van der Waals surface area contributed by atoms with E-state index in [4.69, 9.17) is 9.84 Å². The minimum absolute atomic E-state index is 0.0696. The van der Waals surface area contributed by atoms with Crippen LogP contribution in [0, 0.1) is 5.92 Å². The average molecular weight is 398 g/mol. The third-order valence-electron chi connectivity index (χ3n) is 6.39. The first-order chi connectivity index (χ1) is 14.1. The summed E-state index contributed by atoms with van der Waals surface area (Å²) in [5, 5.41) is 10.6. The molecule has 3 aliphatic rings. The summed E-state index contributed by atoms with van der Waals surface area (Å²) in [4.78, 5) is 14.3. The van der Waals surface area contributed by atoms with Gasteiger partial charge in [-0.05, 0) is 50.4 Å². The van der Waals surface area contributed by atoms with Gasteiger partial charge in [-0.15, -0.1) is 0 Å². The van der Waals surface area contributed by atoms with Crippen molar-refractivity contribution in [1.29, 1.82) is 0 Å². The van der Waals surface area contributed by atoms with Crippen LogP contribution in [-0.4, -0.2) is 60.0 Å². The number of fused-ring (bicyclic) bond motifs is 3. The molecule has 4 heterocycles. The largest absolute Gasteiger partial charge is 0.496 e. The van der Waals surface area contributed by atoms with Gasteiger partial charge < -0.3 is 15.4 Å². The predicted molar refractivity (Wildman–Crippen MR) is 113 cm³/mol. The minimum Gasteiger partial charge on any atom is -0.496 e. The average Bonchev–Trinajstić information content (AvgIpc) is 3.14. The highest BCUT2D eigenvalue weighted by molar-refractivity contribution is 5.73. The topological polar surface area (TPSA) is 71.4 Å². The number of amides is 2. The van der Waals surface area contributed by atoms with Crippen LogP contribution >= 0.6 is 0 Å². The van der Waals surface area contributed by atoms with E-state index in [1.54, 1.807) is 7.11 Å². The number of hydrogen-bond donors (Lipinski definition) is 2. The third kappa shape index (κ3) is 3.96. The number of methoxy groups -OCH3 is 1. The van der Waals surface area contributed by atoms with Gasteiger partial charge in [0.05, 0.1) is 12.8 Å². The summed E-state index contributed by atoms with van der Waals surface area (Å²) < 4.78 is 7.56. The van der Waals surface area contributed by atoms with Crippen LogP contribution in [0.25, 0.3) is 11.3 Å². The van der Waals surface area contributed by atoms with Crippen molar-refractivity contribution in [1.82, 2.24) is 25.3 Å². The van der Waals surface area contributed by atoms with E-state index >= 15 is 0 Å². The third-order valence-corrected chi connectivity index (χ3v) is 6.39. The molecule has 29 heavy (non-hydrogen) atoms. The Morgan fingerprint density at radius 3 is 2.86 bits per heavy atom. The first-order valence-corrected chi connectivity index (χ1v) is 10.5. The van der Waals surface area contributed by atoms with Crippen molar-refractivity contribution in [3.05, 3.63) is 36.0 Å². The van der Waals surface area contributed by atoms with Crippen molar-refractivity contribution in [2.24, 2.45) is 13.0 Å². The van der Waals surface area contributed by atoms with E-state index in [-0.39, 0.29) is 6.03 Å². The number of urea groups is 1. The number of aryl methyl sites for hydroxylation is 1. The molecule has 2 aromatic rings. The minimum atomic E-state index is -0.0696. The number of nitrogens with zero attached hydrogens (tertiary/aromatic N) is 3. The molecule has 7 heteroatoms. The number of benzene rings is 1. The molecule has 0 aliphatic carbocycles. The van der Waals surface area contributed by atoms with Crippen LogP contribution in [0.2, 0.25) is 0 Å². The second-order valence-electron chi connectivity index (χ2n) is 8.06. The Morgan fingerprint density at radius 1 is 1.31 bits per heavy atom. The monoisotopic (exact) mass is 397 g/mol. The number of hydrogen-bond acceptors (Lipinski definition) is 4. The Hall–Kier alpha value is -2.54. The molecule has 7 nitrogen and oxygen atoms in total. The summed E-state index contributed by atoms with van der Waals surface area (Å²) in [5.74, 6) is 1.95. The summed E-state index contributed by atoms with van der Waals surface area (Å²) in [6, 6.07) is 10.6. The number of piperidine rings is 3. The molecule has 2 amide bonds. The zero-order chi connectivity index (χ0) is 20.4. The zero-order valence-electron chi connectivity index (χ0n) is 17.5. The number of para-hydroxylation sites is 1. The lowest BCUT2D eigenvalue weighted by Gasteiger charge is -2.49. The molecule has 0 spiro atoms. The van der Waals surface area contributed by atoms with E-state index in [1.807, 2.05) is 36.9 Å². The van der Waals surface area contributed by atoms with E-state index < -0.39 is 0 Å². The predicted octanol–water partition coefficient (Wildman–Crippen LogP) is 2.59. The molecule has 4 atom stereocenters. The number of ether oxygens (including phenoxy) is 1. The fraction of sp³-hybridized carbons (Fsp3) is 0.545. The highest BCUT2D eigenvalue weighted by Crippen LogP contribution is 2.42. The molecule has 1 unspecified atom stereocenters. The summed E-state index contributed by atoms with van der Waals surface area (Å²) in [6.07, 6.45) is 2.32. The second-order valence-corrected chi connectivity index (χ2v) is 8.06. The molecule has 1 aromatic heterocycles. The molecule has 2 N–H and O–H groups in total. The van der Waals surface area contributed by atoms with Gasteiger partial charge >= 0.3 is 6.03 Å². The van der Waals surface area contributed by atoms with Crippen LogP contribution in [0.15, 0.2) is 30.3 Å². The SMILES string of the molecule is CCNC(=O)NC[C@H]1C[C@H]2CCN1C[C@@H]2c1cc(-c2ccccc2OC)nn1C.